The number of hydrogen-bond acceptors (Lipinski definition) is 4. The third kappa shape index (κ3) is 1.65. The highest BCUT2D eigenvalue weighted by atomic mass is 32.1. The van der Waals surface area contributed by atoms with Gasteiger partial charge in [0.05, 0.1) is 15.9 Å². The van der Waals surface area contributed by atoms with Crippen molar-refractivity contribution < 1.29 is 0 Å². The van der Waals surface area contributed by atoms with Gasteiger partial charge >= 0.3 is 0 Å². The molecule has 0 fully saturated rings. The van der Waals surface area contributed by atoms with E-state index in [0.29, 0.717) is 0 Å². The van der Waals surface area contributed by atoms with Gasteiger partial charge in [0.2, 0.25) is 5.13 Å². The van der Waals surface area contributed by atoms with Crippen LogP contribution in [0.25, 0.3) is 15.3 Å². The largest absolute Gasteiger partial charge is 0.383 e. The number of hydrogen-bond donors (Lipinski definition) is 1. The van der Waals surface area contributed by atoms with Crippen LogP contribution in [0.4, 0.5) is 5.82 Å². The minimum absolute atomic E-state index is 0.772. The molecule has 4 nitrogen and oxygen atoms in total. The minimum Gasteiger partial charge on any atom is -0.383 e. The molecule has 0 atom stereocenters. The first-order valence-electron chi connectivity index (χ1n) is 6.55. The van der Waals surface area contributed by atoms with Gasteiger partial charge in [-0.2, -0.15) is 9.78 Å². The highest BCUT2D eigenvalue weighted by molar-refractivity contribution is 7.20. The molecule has 0 amide bonds. The molecule has 0 unspecified atom stereocenters. The summed E-state index contributed by atoms with van der Waals surface area (Å²) in [5, 5.41) is 5.52. The van der Waals surface area contributed by atoms with Crippen LogP contribution < -0.4 is 5.73 Å². The van der Waals surface area contributed by atoms with Crippen molar-refractivity contribution in [2.24, 2.45) is 0 Å². The smallest absolute Gasteiger partial charge is 0.213 e. The van der Waals surface area contributed by atoms with Gasteiger partial charge < -0.3 is 5.73 Å². The maximum absolute atomic E-state index is 6.25. The molecule has 2 N–H and O–H groups in total. The van der Waals surface area contributed by atoms with Crippen molar-refractivity contribution in [2.45, 2.75) is 25.7 Å². The zero-order valence-corrected chi connectivity index (χ0v) is 11.3. The number of para-hydroxylation sites is 1. The summed E-state index contributed by atoms with van der Waals surface area (Å²) in [5.74, 6) is 0.772. The summed E-state index contributed by atoms with van der Waals surface area (Å²) in [6, 6.07) is 8.14. The van der Waals surface area contributed by atoms with Crippen molar-refractivity contribution in [2.75, 3.05) is 5.73 Å². The lowest BCUT2D eigenvalue weighted by Crippen LogP contribution is -2.03. The lowest BCUT2D eigenvalue weighted by molar-refractivity contribution is 0.671. The summed E-state index contributed by atoms with van der Waals surface area (Å²) in [7, 11) is 0. The van der Waals surface area contributed by atoms with Gasteiger partial charge in [-0.1, -0.05) is 23.5 Å². The summed E-state index contributed by atoms with van der Waals surface area (Å²) < 4.78 is 2.99. The van der Waals surface area contributed by atoms with Gasteiger partial charge in [0.1, 0.15) is 5.82 Å². The Balaban J connectivity index is 1.89. The van der Waals surface area contributed by atoms with Crippen LogP contribution in [0.3, 0.4) is 0 Å². The molecule has 3 aromatic rings. The van der Waals surface area contributed by atoms with Crippen LogP contribution in [0.5, 0.6) is 0 Å². The van der Waals surface area contributed by atoms with Gasteiger partial charge in [-0.05, 0) is 37.8 Å². The normalized spacial score (nSPS) is 14.7. The predicted octanol–water partition coefficient (Wildman–Crippen LogP) is 2.94. The zero-order chi connectivity index (χ0) is 12.8. The first-order chi connectivity index (χ1) is 9.33. The Morgan fingerprint density at radius 3 is 2.84 bits per heavy atom. The second-order valence-electron chi connectivity index (χ2n) is 4.89. The summed E-state index contributed by atoms with van der Waals surface area (Å²) in [5.41, 5.74) is 9.64. The standard InChI is InChI=1S/C14H14N4S/c15-13-9-5-1-2-6-10(9)17-18(13)14-16-11-7-3-4-8-12(11)19-14/h3-4,7-8H,1-2,5-6,15H2. The first-order valence-corrected chi connectivity index (χ1v) is 7.37. The second-order valence-corrected chi connectivity index (χ2v) is 5.90. The van der Waals surface area contributed by atoms with E-state index in [0.717, 1.165) is 35.0 Å². The van der Waals surface area contributed by atoms with E-state index >= 15 is 0 Å². The summed E-state index contributed by atoms with van der Waals surface area (Å²) in [6.45, 7) is 0. The number of nitrogens with two attached hydrogens (primary N) is 1. The van der Waals surface area contributed by atoms with Crippen LogP contribution in [-0.2, 0) is 12.8 Å². The molecular formula is C14H14N4S. The van der Waals surface area contributed by atoms with Gasteiger partial charge in [0.15, 0.2) is 0 Å². The first kappa shape index (κ1) is 11.0. The van der Waals surface area contributed by atoms with Crippen molar-refractivity contribution in [3.05, 3.63) is 35.5 Å². The molecule has 0 saturated heterocycles. The lowest BCUT2D eigenvalue weighted by Gasteiger charge is -2.08. The number of nitrogens with zero attached hydrogens (tertiary/aromatic N) is 3. The lowest BCUT2D eigenvalue weighted by atomic mass is 9.98. The van der Waals surface area contributed by atoms with Crippen LogP contribution in [0, 0.1) is 0 Å². The Labute approximate surface area is 114 Å². The van der Waals surface area contributed by atoms with E-state index < -0.39 is 0 Å². The molecule has 1 aromatic carbocycles. The van der Waals surface area contributed by atoms with Crippen molar-refractivity contribution in [1.29, 1.82) is 0 Å². The monoisotopic (exact) mass is 270 g/mol. The maximum Gasteiger partial charge on any atom is 0.213 e. The number of aromatic nitrogens is 3. The quantitative estimate of drug-likeness (QED) is 0.739. The fraction of sp³-hybridized carbons (Fsp3) is 0.286. The Kier molecular flexibility index (Phi) is 2.35. The van der Waals surface area contributed by atoms with Gasteiger partial charge in [-0.25, -0.2) is 4.98 Å². The Hall–Kier alpha value is -1.88. The average molecular weight is 270 g/mol. The molecule has 5 heteroatoms. The summed E-state index contributed by atoms with van der Waals surface area (Å²) in [4.78, 5) is 4.63. The van der Waals surface area contributed by atoms with Crippen LogP contribution in [0.2, 0.25) is 0 Å². The SMILES string of the molecule is Nc1c2c(nn1-c1nc3ccccc3s1)CCCC2. The molecule has 0 bridgehead atoms. The van der Waals surface area contributed by atoms with Gasteiger partial charge in [-0.15, -0.1) is 0 Å². The maximum atomic E-state index is 6.25. The van der Waals surface area contributed by atoms with Crippen molar-refractivity contribution in [1.82, 2.24) is 14.8 Å². The summed E-state index contributed by atoms with van der Waals surface area (Å²) >= 11 is 1.64. The van der Waals surface area contributed by atoms with E-state index in [-0.39, 0.29) is 0 Å². The van der Waals surface area contributed by atoms with E-state index in [1.807, 2.05) is 22.9 Å². The molecule has 0 saturated carbocycles. The molecule has 0 spiro atoms. The van der Waals surface area contributed by atoms with Crippen LogP contribution in [0.15, 0.2) is 24.3 Å². The fourth-order valence-corrected chi connectivity index (χ4v) is 3.61. The molecule has 1 aliphatic carbocycles. The third-order valence-electron chi connectivity index (χ3n) is 3.66. The van der Waals surface area contributed by atoms with Crippen LogP contribution in [0.1, 0.15) is 24.1 Å². The number of fused-ring (bicyclic) bond motifs is 2. The van der Waals surface area contributed by atoms with Crippen LogP contribution >= 0.6 is 11.3 Å². The average Bonchev–Trinajstić information content (AvgIpc) is 3.00. The molecule has 2 aromatic heterocycles. The summed E-state index contributed by atoms with van der Waals surface area (Å²) in [6.07, 6.45) is 4.51. The van der Waals surface area contributed by atoms with Gasteiger partial charge in [-0.3, -0.25) is 0 Å². The number of aryl methyl sites for hydroxylation is 1. The molecule has 19 heavy (non-hydrogen) atoms. The minimum atomic E-state index is 0.772. The second kappa shape index (κ2) is 4.06. The topological polar surface area (TPSA) is 56.7 Å². The number of anilines is 1. The molecule has 96 valence electrons. The molecule has 2 heterocycles. The van der Waals surface area contributed by atoms with Crippen molar-refractivity contribution in [3.8, 4) is 5.13 Å². The Bertz CT molecular complexity index is 723. The van der Waals surface area contributed by atoms with E-state index in [1.54, 1.807) is 11.3 Å². The Morgan fingerprint density at radius 1 is 1.16 bits per heavy atom. The van der Waals surface area contributed by atoms with Crippen LogP contribution in [-0.4, -0.2) is 14.8 Å². The number of rotatable bonds is 1. The zero-order valence-electron chi connectivity index (χ0n) is 10.5. The van der Waals surface area contributed by atoms with E-state index in [4.69, 9.17) is 5.73 Å². The van der Waals surface area contributed by atoms with E-state index in [1.165, 1.54) is 23.1 Å². The van der Waals surface area contributed by atoms with Crippen molar-refractivity contribution >= 4 is 27.4 Å². The molecule has 1 aliphatic rings. The molecule has 4 rings (SSSR count). The fourth-order valence-electron chi connectivity index (χ4n) is 2.67. The Morgan fingerprint density at radius 2 is 2.00 bits per heavy atom. The van der Waals surface area contributed by atoms with Crippen molar-refractivity contribution in [3.63, 3.8) is 0 Å². The molecule has 0 aliphatic heterocycles. The third-order valence-corrected chi connectivity index (χ3v) is 4.67. The number of benzene rings is 1. The van der Waals surface area contributed by atoms with E-state index in [2.05, 4.69) is 16.1 Å². The molecule has 0 radical (unpaired) electrons. The highest BCUT2D eigenvalue weighted by Crippen LogP contribution is 2.31. The van der Waals surface area contributed by atoms with Gasteiger partial charge in [0.25, 0.3) is 0 Å². The molecular weight excluding hydrogens is 256 g/mol. The predicted molar refractivity (Wildman–Crippen MR) is 77.8 cm³/mol. The number of nitrogen functional groups attached to an aromatic ring is 1. The van der Waals surface area contributed by atoms with Gasteiger partial charge in [0, 0.05) is 5.56 Å². The van der Waals surface area contributed by atoms with E-state index in [9.17, 15) is 0 Å². The number of thiazole rings is 1. The highest BCUT2D eigenvalue weighted by Gasteiger charge is 2.20.